The fraction of sp³-hybridized carbons (Fsp3) is 0.167. The quantitative estimate of drug-likeness (QED) is 0.756. The van der Waals surface area contributed by atoms with Crippen molar-refractivity contribution in [3.05, 3.63) is 47.5 Å². The van der Waals surface area contributed by atoms with Crippen LogP contribution in [0.1, 0.15) is 18.8 Å². The third kappa shape index (κ3) is 1.80. The number of hydrogen-bond donors (Lipinski definition) is 1. The normalized spacial score (nSPS) is 13.1. The van der Waals surface area contributed by atoms with Gasteiger partial charge in [0.25, 0.3) is 0 Å². The minimum Gasteiger partial charge on any atom is -0.340 e. The van der Waals surface area contributed by atoms with E-state index in [1.807, 2.05) is 42.1 Å². The van der Waals surface area contributed by atoms with Gasteiger partial charge in [-0.15, -0.1) is 0 Å². The molecule has 17 heavy (non-hydrogen) atoms. The maximum Gasteiger partial charge on any atom is 0.131 e. The van der Waals surface area contributed by atoms with E-state index in [-0.39, 0.29) is 6.04 Å². The second-order valence-corrected chi connectivity index (χ2v) is 4.38. The molecule has 0 aliphatic carbocycles. The fourth-order valence-electron chi connectivity index (χ4n) is 1.83. The van der Waals surface area contributed by atoms with E-state index in [9.17, 15) is 0 Å². The van der Waals surface area contributed by atoms with Gasteiger partial charge in [-0.1, -0.05) is 11.6 Å². The van der Waals surface area contributed by atoms with Gasteiger partial charge < -0.3 is 4.98 Å². The molecule has 1 aromatic carbocycles. The Balaban J connectivity index is 2.06. The van der Waals surface area contributed by atoms with Gasteiger partial charge in [0.15, 0.2) is 0 Å². The van der Waals surface area contributed by atoms with E-state index in [0.717, 1.165) is 16.9 Å². The molecule has 86 valence electrons. The molecule has 2 heterocycles. The van der Waals surface area contributed by atoms with Gasteiger partial charge in [-0.05, 0) is 31.2 Å². The fourth-order valence-corrected chi connectivity index (χ4v) is 2.01. The third-order valence-electron chi connectivity index (χ3n) is 2.78. The molecule has 3 aromatic rings. The van der Waals surface area contributed by atoms with Gasteiger partial charge >= 0.3 is 0 Å². The molecule has 1 unspecified atom stereocenters. The SMILES string of the molecule is CC(c1nc2ccc(Cl)cc2[nH]1)n1cccn1. The summed E-state index contributed by atoms with van der Waals surface area (Å²) in [5, 5.41) is 4.92. The van der Waals surface area contributed by atoms with Crippen LogP contribution in [-0.2, 0) is 0 Å². The first-order valence-electron chi connectivity index (χ1n) is 5.38. The Bertz CT molecular complexity index is 642. The molecule has 0 aliphatic rings. The number of rotatable bonds is 2. The highest BCUT2D eigenvalue weighted by atomic mass is 35.5. The highest BCUT2D eigenvalue weighted by Crippen LogP contribution is 2.21. The minimum atomic E-state index is 0.0798. The highest BCUT2D eigenvalue weighted by Gasteiger charge is 2.12. The molecule has 0 amide bonds. The first-order valence-corrected chi connectivity index (χ1v) is 5.76. The van der Waals surface area contributed by atoms with Crippen LogP contribution in [0.4, 0.5) is 0 Å². The molecule has 0 saturated heterocycles. The number of hydrogen-bond acceptors (Lipinski definition) is 2. The second kappa shape index (κ2) is 3.89. The van der Waals surface area contributed by atoms with Crippen LogP contribution >= 0.6 is 11.6 Å². The number of H-pyrrole nitrogens is 1. The first-order chi connectivity index (χ1) is 8.24. The molecule has 5 heteroatoms. The van der Waals surface area contributed by atoms with Gasteiger partial charge in [0.05, 0.1) is 11.0 Å². The molecule has 0 aliphatic heterocycles. The zero-order chi connectivity index (χ0) is 11.8. The summed E-state index contributed by atoms with van der Waals surface area (Å²) in [5.74, 6) is 0.881. The van der Waals surface area contributed by atoms with Crippen LogP contribution in [0.2, 0.25) is 5.02 Å². The van der Waals surface area contributed by atoms with Crippen molar-refractivity contribution in [3.8, 4) is 0 Å². The molecule has 0 saturated carbocycles. The lowest BCUT2D eigenvalue weighted by Crippen LogP contribution is -2.08. The summed E-state index contributed by atoms with van der Waals surface area (Å²) in [6.07, 6.45) is 3.68. The zero-order valence-electron chi connectivity index (χ0n) is 9.26. The Morgan fingerprint density at radius 2 is 2.29 bits per heavy atom. The van der Waals surface area contributed by atoms with E-state index in [2.05, 4.69) is 15.1 Å². The van der Waals surface area contributed by atoms with Crippen molar-refractivity contribution in [3.63, 3.8) is 0 Å². The standard InChI is InChI=1S/C12H11ClN4/c1-8(17-6-2-5-14-17)12-15-10-4-3-9(13)7-11(10)16-12/h2-8H,1H3,(H,15,16). The second-order valence-electron chi connectivity index (χ2n) is 3.95. The molecule has 1 N–H and O–H groups in total. The van der Waals surface area contributed by atoms with E-state index >= 15 is 0 Å². The topological polar surface area (TPSA) is 46.5 Å². The number of imidazole rings is 1. The Morgan fingerprint density at radius 1 is 1.41 bits per heavy atom. The van der Waals surface area contributed by atoms with E-state index in [4.69, 9.17) is 11.6 Å². The Labute approximate surface area is 103 Å². The van der Waals surface area contributed by atoms with Crippen LogP contribution in [0.25, 0.3) is 11.0 Å². The van der Waals surface area contributed by atoms with Crippen LogP contribution < -0.4 is 0 Å². The van der Waals surface area contributed by atoms with Crippen LogP contribution in [0.5, 0.6) is 0 Å². The van der Waals surface area contributed by atoms with Crippen molar-refractivity contribution in [1.82, 2.24) is 19.7 Å². The molecule has 1 atom stereocenters. The lowest BCUT2D eigenvalue weighted by molar-refractivity contribution is 0.542. The molecular formula is C12H11ClN4. The van der Waals surface area contributed by atoms with Crippen LogP contribution in [0.3, 0.4) is 0 Å². The molecule has 3 rings (SSSR count). The lowest BCUT2D eigenvalue weighted by atomic mass is 10.3. The molecule has 0 fully saturated rings. The molecular weight excluding hydrogens is 236 g/mol. The van der Waals surface area contributed by atoms with Crippen molar-refractivity contribution >= 4 is 22.6 Å². The van der Waals surface area contributed by atoms with Crippen molar-refractivity contribution in [2.24, 2.45) is 0 Å². The van der Waals surface area contributed by atoms with Crippen molar-refractivity contribution in [1.29, 1.82) is 0 Å². The Morgan fingerprint density at radius 3 is 3.06 bits per heavy atom. The largest absolute Gasteiger partial charge is 0.340 e. The summed E-state index contributed by atoms with van der Waals surface area (Å²) in [5.41, 5.74) is 1.87. The van der Waals surface area contributed by atoms with Gasteiger partial charge in [0.1, 0.15) is 11.9 Å². The van der Waals surface area contributed by atoms with E-state index < -0.39 is 0 Å². The highest BCUT2D eigenvalue weighted by molar-refractivity contribution is 6.31. The number of nitrogens with zero attached hydrogens (tertiary/aromatic N) is 3. The number of halogens is 1. The lowest BCUT2D eigenvalue weighted by Gasteiger charge is -2.08. The Kier molecular flexibility index (Phi) is 2.37. The van der Waals surface area contributed by atoms with Crippen LogP contribution in [0, 0.1) is 0 Å². The number of benzene rings is 1. The molecule has 0 spiro atoms. The summed E-state index contributed by atoms with van der Waals surface area (Å²) in [4.78, 5) is 7.80. The number of aromatic nitrogens is 4. The summed E-state index contributed by atoms with van der Waals surface area (Å²) in [6.45, 7) is 2.05. The van der Waals surface area contributed by atoms with Crippen LogP contribution in [-0.4, -0.2) is 19.7 Å². The maximum absolute atomic E-state index is 5.94. The number of aromatic amines is 1. The molecule has 4 nitrogen and oxygen atoms in total. The van der Waals surface area contributed by atoms with E-state index in [0.29, 0.717) is 5.02 Å². The minimum absolute atomic E-state index is 0.0798. The van der Waals surface area contributed by atoms with Crippen LogP contribution in [0.15, 0.2) is 36.7 Å². The van der Waals surface area contributed by atoms with Gasteiger partial charge in [-0.3, -0.25) is 4.68 Å². The Hall–Kier alpha value is -1.81. The molecule has 2 aromatic heterocycles. The molecule has 0 bridgehead atoms. The van der Waals surface area contributed by atoms with Crippen molar-refractivity contribution in [2.45, 2.75) is 13.0 Å². The predicted molar refractivity (Wildman–Crippen MR) is 67.1 cm³/mol. The monoisotopic (exact) mass is 246 g/mol. The van der Waals surface area contributed by atoms with Crippen molar-refractivity contribution < 1.29 is 0 Å². The zero-order valence-corrected chi connectivity index (χ0v) is 10.0. The number of nitrogens with one attached hydrogen (secondary N) is 1. The van der Waals surface area contributed by atoms with Crippen molar-refractivity contribution in [2.75, 3.05) is 0 Å². The van der Waals surface area contributed by atoms with Gasteiger partial charge in [-0.25, -0.2) is 4.98 Å². The van der Waals surface area contributed by atoms with E-state index in [1.165, 1.54) is 0 Å². The molecule has 0 radical (unpaired) electrons. The summed E-state index contributed by atoms with van der Waals surface area (Å²) < 4.78 is 1.86. The average molecular weight is 247 g/mol. The smallest absolute Gasteiger partial charge is 0.131 e. The van der Waals surface area contributed by atoms with Gasteiger partial charge in [0, 0.05) is 17.4 Å². The third-order valence-corrected chi connectivity index (χ3v) is 3.01. The van der Waals surface area contributed by atoms with Gasteiger partial charge in [0.2, 0.25) is 0 Å². The number of fused-ring (bicyclic) bond motifs is 1. The predicted octanol–water partition coefficient (Wildman–Crippen LogP) is 3.02. The van der Waals surface area contributed by atoms with E-state index in [1.54, 1.807) is 6.20 Å². The average Bonchev–Trinajstić information content (AvgIpc) is 2.96. The van der Waals surface area contributed by atoms with Gasteiger partial charge in [-0.2, -0.15) is 5.10 Å². The maximum atomic E-state index is 5.94. The summed E-state index contributed by atoms with van der Waals surface area (Å²) in [6, 6.07) is 7.61. The first kappa shape index (κ1) is 10.4. The summed E-state index contributed by atoms with van der Waals surface area (Å²) >= 11 is 5.94. The summed E-state index contributed by atoms with van der Waals surface area (Å²) in [7, 11) is 0.